The maximum absolute atomic E-state index is 11.9. The summed E-state index contributed by atoms with van der Waals surface area (Å²) in [5.41, 5.74) is 0.931. The minimum atomic E-state index is -3.27. The van der Waals surface area contributed by atoms with Crippen LogP contribution in [0.15, 0.2) is 24.3 Å². The largest absolute Gasteiger partial charge is 0.545 e. The standard InChI is InChI=1S/C11H15F2N2O3S/c1-19(16,17)15-7-6-14-8-9-2-4-10(5-3-9)18-11(12)13/h2-5,11,14H,6-8H2,1H3/q-1/p+1. The van der Waals surface area contributed by atoms with Crippen LogP contribution in [0.25, 0.3) is 4.72 Å². The molecule has 5 nitrogen and oxygen atoms in total. The lowest BCUT2D eigenvalue weighted by molar-refractivity contribution is -0.667. The summed E-state index contributed by atoms with van der Waals surface area (Å²) in [6.07, 6.45) is 1.05. The molecule has 0 atom stereocenters. The van der Waals surface area contributed by atoms with Gasteiger partial charge < -0.3 is 14.8 Å². The minimum absolute atomic E-state index is 0.117. The Balaban J connectivity index is 2.26. The van der Waals surface area contributed by atoms with Gasteiger partial charge in [0.15, 0.2) is 0 Å². The van der Waals surface area contributed by atoms with Gasteiger partial charge in [-0.2, -0.15) is 8.78 Å². The van der Waals surface area contributed by atoms with Crippen molar-refractivity contribution in [2.75, 3.05) is 19.3 Å². The fourth-order valence-electron chi connectivity index (χ4n) is 1.39. The maximum atomic E-state index is 11.9. The van der Waals surface area contributed by atoms with E-state index in [0.29, 0.717) is 13.1 Å². The highest BCUT2D eigenvalue weighted by atomic mass is 32.2. The first-order valence-electron chi connectivity index (χ1n) is 5.61. The van der Waals surface area contributed by atoms with E-state index in [1.54, 1.807) is 12.1 Å². The number of alkyl halides is 2. The van der Waals surface area contributed by atoms with Gasteiger partial charge in [0.05, 0.1) is 16.6 Å². The van der Waals surface area contributed by atoms with E-state index in [1.165, 1.54) is 12.1 Å². The van der Waals surface area contributed by atoms with Crippen LogP contribution in [0.4, 0.5) is 8.78 Å². The molecule has 0 spiro atoms. The molecule has 0 aliphatic rings. The first-order chi connectivity index (χ1) is 8.87. The molecule has 108 valence electrons. The zero-order chi connectivity index (χ0) is 14.3. The number of ether oxygens (including phenoxy) is 1. The molecule has 1 rings (SSSR count). The molecule has 1 aromatic carbocycles. The summed E-state index contributed by atoms with van der Waals surface area (Å²) in [6, 6.07) is 6.30. The number of sulfonamides is 1. The molecule has 0 amide bonds. The van der Waals surface area contributed by atoms with Crippen molar-refractivity contribution < 1.29 is 27.3 Å². The molecular formula is C11H16F2N2O3S. The highest BCUT2D eigenvalue weighted by Gasteiger charge is 2.03. The van der Waals surface area contributed by atoms with Gasteiger partial charge in [-0.1, -0.05) is 6.54 Å². The lowest BCUT2D eigenvalue weighted by Gasteiger charge is -2.14. The van der Waals surface area contributed by atoms with Crippen LogP contribution in [-0.2, 0) is 16.6 Å². The second-order valence-corrected chi connectivity index (χ2v) is 5.61. The smallest absolute Gasteiger partial charge is 0.387 e. The summed E-state index contributed by atoms with van der Waals surface area (Å²) in [5.74, 6) is 0.117. The van der Waals surface area contributed by atoms with Crippen molar-refractivity contribution in [1.82, 2.24) is 0 Å². The van der Waals surface area contributed by atoms with Crippen LogP contribution in [0, 0.1) is 0 Å². The summed E-state index contributed by atoms with van der Waals surface area (Å²) >= 11 is 0. The van der Waals surface area contributed by atoms with E-state index in [4.69, 9.17) is 0 Å². The van der Waals surface area contributed by atoms with E-state index in [0.717, 1.165) is 11.8 Å². The summed E-state index contributed by atoms with van der Waals surface area (Å²) in [6.45, 7) is -1.43. The summed E-state index contributed by atoms with van der Waals surface area (Å²) in [5, 5.41) is 1.89. The van der Waals surface area contributed by atoms with E-state index < -0.39 is 16.6 Å². The maximum Gasteiger partial charge on any atom is 0.387 e. The highest BCUT2D eigenvalue weighted by Crippen LogP contribution is 2.14. The van der Waals surface area contributed by atoms with E-state index in [1.807, 2.05) is 5.32 Å². The number of hydrogen-bond donors (Lipinski definition) is 1. The lowest BCUT2D eigenvalue weighted by Crippen LogP contribution is -2.83. The van der Waals surface area contributed by atoms with Gasteiger partial charge >= 0.3 is 6.61 Å². The molecule has 2 N–H and O–H groups in total. The van der Waals surface area contributed by atoms with E-state index in [2.05, 4.69) is 9.46 Å². The van der Waals surface area contributed by atoms with Gasteiger partial charge in [-0.05, 0) is 24.3 Å². The van der Waals surface area contributed by atoms with Gasteiger partial charge in [-0.3, -0.25) is 0 Å². The molecule has 0 aromatic heterocycles. The molecule has 1 aromatic rings. The van der Waals surface area contributed by atoms with Crippen LogP contribution in [0.5, 0.6) is 5.75 Å². The topological polar surface area (TPSA) is 74.1 Å². The zero-order valence-electron chi connectivity index (χ0n) is 10.4. The summed E-state index contributed by atoms with van der Waals surface area (Å²) in [7, 11) is -3.27. The average Bonchev–Trinajstić information content (AvgIpc) is 2.28. The molecule has 0 fully saturated rings. The van der Waals surface area contributed by atoms with Crippen molar-refractivity contribution in [2.45, 2.75) is 13.2 Å². The Morgan fingerprint density at radius 3 is 2.47 bits per heavy atom. The van der Waals surface area contributed by atoms with Crippen LogP contribution in [-0.4, -0.2) is 34.4 Å². The quantitative estimate of drug-likeness (QED) is 0.717. The third-order valence-corrected chi connectivity index (χ3v) is 2.84. The number of nitrogens with two attached hydrogens (primary N) is 1. The number of halogens is 2. The fraction of sp³-hybridized carbons (Fsp3) is 0.455. The first kappa shape index (κ1) is 15.8. The van der Waals surface area contributed by atoms with Gasteiger partial charge in [-0.25, -0.2) is 8.42 Å². The Morgan fingerprint density at radius 1 is 1.32 bits per heavy atom. The number of benzene rings is 1. The third kappa shape index (κ3) is 7.70. The zero-order valence-corrected chi connectivity index (χ0v) is 11.2. The molecule has 19 heavy (non-hydrogen) atoms. The molecule has 0 aliphatic carbocycles. The molecular weight excluding hydrogens is 278 g/mol. The Hall–Kier alpha value is -1.25. The molecule has 0 heterocycles. The van der Waals surface area contributed by atoms with Crippen molar-refractivity contribution in [3.63, 3.8) is 0 Å². The molecule has 8 heteroatoms. The predicted molar refractivity (Wildman–Crippen MR) is 66.6 cm³/mol. The van der Waals surface area contributed by atoms with Crippen molar-refractivity contribution in [2.24, 2.45) is 0 Å². The molecule has 0 radical (unpaired) electrons. The molecule has 0 saturated heterocycles. The van der Waals surface area contributed by atoms with Crippen LogP contribution in [0.1, 0.15) is 5.56 Å². The van der Waals surface area contributed by atoms with Crippen LogP contribution in [0.2, 0.25) is 0 Å². The van der Waals surface area contributed by atoms with Crippen molar-refractivity contribution in [3.05, 3.63) is 34.6 Å². The number of rotatable bonds is 8. The van der Waals surface area contributed by atoms with Crippen LogP contribution in [0.3, 0.4) is 0 Å². The lowest BCUT2D eigenvalue weighted by atomic mass is 10.2. The highest BCUT2D eigenvalue weighted by molar-refractivity contribution is 7.93. The Bertz CT molecular complexity index is 477. The molecule has 0 bridgehead atoms. The number of nitrogens with zero attached hydrogens (tertiary/aromatic N) is 1. The monoisotopic (exact) mass is 294 g/mol. The second-order valence-electron chi connectivity index (χ2n) is 3.89. The van der Waals surface area contributed by atoms with Gasteiger partial charge in [0.25, 0.3) is 0 Å². The number of hydrogen-bond acceptors (Lipinski definition) is 3. The van der Waals surface area contributed by atoms with E-state index in [9.17, 15) is 17.2 Å². The molecule has 0 saturated carbocycles. The molecule has 0 aliphatic heterocycles. The van der Waals surface area contributed by atoms with Crippen molar-refractivity contribution in [3.8, 4) is 5.75 Å². The van der Waals surface area contributed by atoms with Crippen molar-refractivity contribution in [1.29, 1.82) is 0 Å². The van der Waals surface area contributed by atoms with Gasteiger partial charge in [-0.15, -0.1) is 0 Å². The Morgan fingerprint density at radius 2 is 1.95 bits per heavy atom. The first-order valence-corrected chi connectivity index (χ1v) is 7.46. The fourth-order valence-corrected chi connectivity index (χ4v) is 1.82. The molecule has 0 unspecified atom stereocenters. The van der Waals surface area contributed by atoms with E-state index >= 15 is 0 Å². The summed E-state index contributed by atoms with van der Waals surface area (Å²) in [4.78, 5) is 0. The Kier molecular flexibility index (Phi) is 6.13. The number of quaternary nitrogens is 1. The van der Waals surface area contributed by atoms with Gasteiger partial charge in [0, 0.05) is 11.8 Å². The second kappa shape index (κ2) is 7.37. The van der Waals surface area contributed by atoms with Gasteiger partial charge in [0.1, 0.15) is 12.3 Å². The van der Waals surface area contributed by atoms with Crippen molar-refractivity contribution >= 4 is 10.0 Å². The van der Waals surface area contributed by atoms with Crippen LogP contribution >= 0.6 is 0 Å². The van der Waals surface area contributed by atoms with Gasteiger partial charge in [0.2, 0.25) is 0 Å². The minimum Gasteiger partial charge on any atom is -0.545 e. The SMILES string of the molecule is CS(=O)(=O)[N-]CC[NH2+]Cc1ccc(OC(F)F)cc1. The summed E-state index contributed by atoms with van der Waals surface area (Å²) < 4.78 is 53.0. The normalized spacial score (nSPS) is 11.8. The predicted octanol–water partition coefficient (Wildman–Crippen LogP) is 0.685. The third-order valence-electron chi connectivity index (χ3n) is 2.19. The average molecular weight is 294 g/mol. The Labute approximate surface area is 111 Å². The van der Waals surface area contributed by atoms with Crippen LogP contribution < -0.4 is 10.1 Å². The van der Waals surface area contributed by atoms with E-state index in [-0.39, 0.29) is 12.3 Å².